The number of carbonyl (C=O) groups excluding carboxylic acids is 1. The van der Waals surface area contributed by atoms with E-state index in [1.54, 1.807) is 0 Å². The number of hydrogen-bond donors (Lipinski definition) is 1. The van der Waals surface area contributed by atoms with Crippen molar-refractivity contribution in [3.8, 4) is 16.9 Å². The highest BCUT2D eigenvalue weighted by atomic mass is 32.1. The van der Waals surface area contributed by atoms with Crippen LogP contribution in [0, 0.1) is 6.92 Å². The highest BCUT2D eigenvalue weighted by Crippen LogP contribution is 2.42. The van der Waals surface area contributed by atoms with Crippen molar-refractivity contribution in [3.05, 3.63) is 34.0 Å². The fourth-order valence-corrected chi connectivity index (χ4v) is 3.10. The van der Waals surface area contributed by atoms with Crippen LogP contribution in [-0.4, -0.2) is 19.7 Å². The summed E-state index contributed by atoms with van der Waals surface area (Å²) in [6.45, 7) is 4.44. The summed E-state index contributed by atoms with van der Waals surface area (Å²) >= 11 is 1.34. The van der Waals surface area contributed by atoms with Crippen LogP contribution in [0.3, 0.4) is 0 Å². The number of rotatable bonds is 4. The first-order chi connectivity index (χ1) is 9.60. The van der Waals surface area contributed by atoms with Crippen molar-refractivity contribution in [2.45, 2.75) is 13.8 Å². The quantitative estimate of drug-likeness (QED) is 0.876. The molecule has 0 aliphatic carbocycles. The standard InChI is InChI=1S/C15H17NO3S/c1-4-19-11-8-6-5-7-10(11)12-9(2)20-14(13(12)16)15(17)18-3/h5-8H,4,16H2,1-3H3. The van der Waals surface area contributed by atoms with Crippen LogP contribution in [-0.2, 0) is 4.74 Å². The van der Waals surface area contributed by atoms with E-state index in [0.29, 0.717) is 17.2 Å². The first-order valence-electron chi connectivity index (χ1n) is 6.29. The van der Waals surface area contributed by atoms with Gasteiger partial charge in [0.15, 0.2) is 0 Å². The van der Waals surface area contributed by atoms with E-state index in [-0.39, 0.29) is 0 Å². The topological polar surface area (TPSA) is 61.5 Å². The lowest BCUT2D eigenvalue weighted by Crippen LogP contribution is -2.02. The molecule has 0 radical (unpaired) electrons. The van der Waals surface area contributed by atoms with Crippen molar-refractivity contribution in [1.29, 1.82) is 0 Å². The summed E-state index contributed by atoms with van der Waals surface area (Å²) in [5.41, 5.74) is 8.33. The van der Waals surface area contributed by atoms with Gasteiger partial charge in [-0.3, -0.25) is 0 Å². The van der Waals surface area contributed by atoms with E-state index in [9.17, 15) is 4.79 Å². The summed E-state index contributed by atoms with van der Waals surface area (Å²) in [6, 6.07) is 7.67. The van der Waals surface area contributed by atoms with Crippen LogP contribution in [0.4, 0.5) is 5.69 Å². The summed E-state index contributed by atoms with van der Waals surface area (Å²) in [7, 11) is 1.35. The zero-order valence-corrected chi connectivity index (χ0v) is 12.5. The van der Waals surface area contributed by atoms with Crippen LogP contribution in [0.1, 0.15) is 21.5 Å². The van der Waals surface area contributed by atoms with Crippen LogP contribution >= 0.6 is 11.3 Å². The van der Waals surface area contributed by atoms with Crippen molar-refractivity contribution in [2.75, 3.05) is 19.5 Å². The molecular weight excluding hydrogens is 274 g/mol. The van der Waals surface area contributed by atoms with Crippen LogP contribution in [0.5, 0.6) is 5.75 Å². The molecular formula is C15H17NO3S. The zero-order valence-electron chi connectivity index (χ0n) is 11.7. The molecule has 0 saturated heterocycles. The van der Waals surface area contributed by atoms with Gasteiger partial charge in [0.05, 0.1) is 19.4 Å². The second-order valence-corrected chi connectivity index (χ2v) is 5.42. The van der Waals surface area contributed by atoms with Crippen molar-refractivity contribution in [1.82, 2.24) is 0 Å². The number of esters is 1. The molecule has 2 aromatic rings. The van der Waals surface area contributed by atoms with Crippen LogP contribution in [0.15, 0.2) is 24.3 Å². The highest BCUT2D eigenvalue weighted by molar-refractivity contribution is 7.15. The van der Waals surface area contributed by atoms with Crippen molar-refractivity contribution >= 4 is 23.0 Å². The first-order valence-corrected chi connectivity index (χ1v) is 7.11. The van der Waals surface area contributed by atoms with Gasteiger partial charge in [-0.1, -0.05) is 18.2 Å². The molecule has 0 aliphatic rings. The molecule has 0 spiro atoms. The van der Waals surface area contributed by atoms with Crippen LogP contribution < -0.4 is 10.5 Å². The molecule has 1 aromatic heterocycles. The van der Waals surface area contributed by atoms with Crippen LogP contribution in [0.2, 0.25) is 0 Å². The number of benzene rings is 1. The number of para-hydroxylation sites is 1. The number of nitrogens with two attached hydrogens (primary N) is 1. The van der Waals surface area contributed by atoms with Gasteiger partial charge in [0.1, 0.15) is 10.6 Å². The molecule has 0 saturated carbocycles. The van der Waals surface area contributed by atoms with E-state index >= 15 is 0 Å². The monoisotopic (exact) mass is 291 g/mol. The van der Waals surface area contributed by atoms with Crippen LogP contribution in [0.25, 0.3) is 11.1 Å². The normalized spacial score (nSPS) is 10.3. The largest absolute Gasteiger partial charge is 0.493 e. The Morgan fingerprint density at radius 1 is 1.35 bits per heavy atom. The molecule has 0 unspecified atom stereocenters. The van der Waals surface area contributed by atoms with Crippen molar-refractivity contribution < 1.29 is 14.3 Å². The lowest BCUT2D eigenvalue weighted by Gasteiger charge is -2.10. The molecule has 0 atom stereocenters. The second-order valence-electron chi connectivity index (χ2n) is 4.20. The SMILES string of the molecule is CCOc1ccccc1-c1c(C)sc(C(=O)OC)c1N. The van der Waals surface area contributed by atoms with E-state index in [4.69, 9.17) is 15.2 Å². The van der Waals surface area contributed by atoms with Gasteiger partial charge in [-0.05, 0) is 19.9 Å². The maximum absolute atomic E-state index is 11.7. The minimum atomic E-state index is -0.407. The first kappa shape index (κ1) is 14.4. The van der Waals surface area contributed by atoms with Gasteiger partial charge < -0.3 is 15.2 Å². The molecule has 0 bridgehead atoms. The molecule has 2 N–H and O–H groups in total. The maximum atomic E-state index is 11.7. The van der Waals surface area contributed by atoms with E-state index in [1.807, 2.05) is 38.1 Å². The van der Waals surface area contributed by atoms with Gasteiger partial charge in [0.2, 0.25) is 0 Å². The number of anilines is 1. The average Bonchev–Trinajstić information content (AvgIpc) is 2.74. The molecule has 2 rings (SSSR count). The Labute approximate surface area is 122 Å². The minimum Gasteiger partial charge on any atom is -0.493 e. The third-order valence-electron chi connectivity index (χ3n) is 2.95. The number of ether oxygens (including phenoxy) is 2. The average molecular weight is 291 g/mol. The Hall–Kier alpha value is -2.01. The number of thiophene rings is 1. The smallest absolute Gasteiger partial charge is 0.350 e. The lowest BCUT2D eigenvalue weighted by molar-refractivity contribution is 0.0607. The van der Waals surface area contributed by atoms with Gasteiger partial charge in [-0.2, -0.15) is 0 Å². The molecule has 20 heavy (non-hydrogen) atoms. The molecule has 4 nitrogen and oxygen atoms in total. The summed E-state index contributed by atoms with van der Waals surface area (Å²) < 4.78 is 10.4. The fourth-order valence-electron chi connectivity index (χ4n) is 2.10. The van der Waals surface area contributed by atoms with Gasteiger partial charge in [-0.25, -0.2) is 4.79 Å². The Kier molecular flexibility index (Phi) is 4.29. The number of nitrogen functional groups attached to an aromatic ring is 1. The second kappa shape index (κ2) is 5.96. The maximum Gasteiger partial charge on any atom is 0.350 e. The third kappa shape index (κ3) is 2.49. The zero-order chi connectivity index (χ0) is 14.7. The molecule has 0 amide bonds. The number of hydrogen-bond acceptors (Lipinski definition) is 5. The minimum absolute atomic E-state index is 0.407. The molecule has 5 heteroatoms. The summed E-state index contributed by atoms with van der Waals surface area (Å²) in [5.74, 6) is 0.356. The van der Waals surface area contributed by atoms with Gasteiger partial charge in [0.25, 0.3) is 0 Å². The predicted molar refractivity (Wildman–Crippen MR) is 81.4 cm³/mol. The fraction of sp³-hybridized carbons (Fsp3) is 0.267. The van der Waals surface area contributed by atoms with E-state index in [0.717, 1.165) is 21.8 Å². The van der Waals surface area contributed by atoms with Gasteiger partial charge >= 0.3 is 5.97 Å². The number of aryl methyl sites for hydroxylation is 1. The van der Waals surface area contributed by atoms with Gasteiger partial charge in [0, 0.05) is 16.0 Å². The highest BCUT2D eigenvalue weighted by Gasteiger charge is 2.22. The summed E-state index contributed by atoms with van der Waals surface area (Å²) in [6.07, 6.45) is 0. The predicted octanol–water partition coefficient (Wildman–Crippen LogP) is 3.49. The van der Waals surface area contributed by atoms with Crippen molar-refractivity contribution in [2.24, 2.45) is 0 Å². The lowest BCUT2D eigenvalue weighted by atomic mass is 10.0. The summed E-state index contributed by atoms with van der Waals surface area (Å²) in [5, 5.41) is 0. The summed E-state index contributed by atoms with van der Waals surface area (Å²) in [4.78, 5) is 13.1. The third-order valence-corrected chi connectivity index (χ3v) is 4.05. The van der Waals surface area contributed by atoms with E-state index < -0.39 is 5.97 Å². The van der Waals surface area contributed by atoms with Crippen molar-refractivity contribution in [3.63, 3.8) is 0 Å². The Balaban J connectivity index is 2.59. The molecule has 0 aliphatic heterocycles. The number of carbonyl (C=O) groups is 1. The van der Waals surface area contributed by atoms with E-state index in [1.165, 1.54) is 18.4 Å². The Morgan fingerprint density at radius 2 is 2.05 bits per heavy atom. The molecule has 0 fully saturated rings. The molecule has 106 valence electrons. The van der Waals surface area contributed by atoms with Gasteiger partial charge in [-0.15, -0.1) is 11.3 Å². The molecule has 1 aromatic carbocycles. The number of methoxy groups -OCH3 is 1. The molecule has 1 heterocycles. The Morgan fingerprint density at radius 3 is 2.70 bits per heavy atom. The van der Waals surface area contributed by atoms with E-state index in [2.05, 4.69) is 0 Å². The Bertz CT molecular complexity index is 634.